The number of nitrogens with two attached hydrogens (primary N) is 1. The zero-order valence-corrected chi connectivity index (χ0v) is 12.8. The maximum atomic E-state index is 11.6. The third kappa shape index (κ3) is 4.44. The Balaban J connectivity index is 2.10. The average molecular weight is 312 g/mol. The van der Waals surface area contributed by atoms with Gasteiger partial charge >= 0.3 is 0 Å². The predicted molar refractivity (Wildman–Crippen MR) is 79.7 cm³/mol. The molecule has 0 spiro atoms. The molecule has 1 unspecified atom stereocenters. The molecule has 1 aliphatic heterocycles. The van der Waals surface area contributed by atoms with Crippen LogP contribution in [0, 0.1) is 0 Å². The van der Waals surface area contributed by atoms with Crippen LogP contribution in [0.2, 0.25) is 0 Å². The number of methoxy groups -OCH3 is 1. The molecule has 7 heteroatoms. The van der Waals surface area contributed by atoms with Crippen LogP contribution < -0.4 is 10.5 Å². The first kappa shape index (κ1) is 15.8. The molecule has 2 rings (SSSR count). The number of hydrogen-bond donors (Lipinski definition) is 1. The fourth-order valence-electron chi connectivity index (χ4n) is 2.54. The topological polar surface area (TPSA) is 89.7 Å². The van der Waals surface area contributed by atoms with E-state index in [0.29, 0.717) is 13.0 Å². The number of nitrogens with zero attached hydrogens (tertiary/aromatic N) is 1. The van der Waals surface area contributed by atoms with Crippen molar-refractivity contribution < 1.29 is 17.9 Å². The molecular weight excluding hydrogens is 292 g/mol. The third-order valence-corrected chi connectivity index (χ3v) is 5.38. The number of carbonyl (C=O) groups is 1. The van der Waals surface area contributed by atoms with Gasteiger partial charge in [0.1, 0.15) is 5.75 Å². The zero-order chi connectivity index (χ0) is 15.5. The van der Waals surface area contributed by atoms with Crippen molar-refractivity contribution in [2.45, 2.75) is 19.0 Å². The summed E-state index contributed by atoms with van der Waals surface area (Å²) in [6.45, 7) is 0.555. The van der Waals surface area contributed by atoms with Crippen molar-refractivity contribution in [3.05, 3.63) is 29.8 Å². The predicted octanol–water partition coefficient (Wildman–Crippen LogP) is 0.170. The fourth-order valence-corrected chi connectivity index (χ4v) is 4.30. The standard InChI is InChI=1S/C14H20N2O4S/c1-20-13-4-2-11(3-5-13)8-16(9-14(15)17)12-6-7-21(18,19)10-12/h2-5,12H,6-10H2,1H3,(H2,15,17). The van der Waals surface area contributed by atoms with Gasteiger partial charge in [-0.3, -0.25) is 9.69 Å². The van der Waals surface area contributed by atoms with E-state index in [9.17, 15) is 13.2 Å². The number of carbonyl (C=O) groups excluding carboxylic acids is 1. The van der Waals surface area contributed by atoms with Crippen molar-refractivity contribution in [1.29, 1.82) is 0 Å². The van der Waals surface area contributed by atoms with Gasteiger partial charge in [0.15, 0.2) is 9.84 Å². The summed E-state index contributed by atoms with van der Waals surface area (Å²) in [6.07, 6.45) is 0.547. The molecular formula is C14H20N2O4S. The van der Waals surface area contributed by atoms with E-state index in [1.54, 1.807) is 7.11 Å². The molecule has 0 aliphatic carbocycles. The monoisotopic (exact) mass is 312 g/mol. The summed E-state index contributed by atoms with van der Waals surface area (Å²) in [5, 5.41) is 0. The van der Waals surface area contributed by atoms with Crippen LogP contribution in [-0.4, -0.2) is 50.4 Å². The first-order chi connectivity index (χ1) is 9.89. The lowest BCUT2D eigenvalue weighted by Gasteiger charge is -2.26. The molecule has 0 saturated carbocycles. The number of rotatable bonds is 6. The van der Waals surface area contributed by atoms with Gasteiger partial charge < -0.3 is 10.5 Å². The Labute approximate surface area is 124 Å². The Morgan fingerprint density at radius 3 is 2.52 bits per heavy atom. The normalized spacial score (nSPS) is 20.6. The number of ether oxygens (including phenoxy) is 1. The van der Waals surface area contributed by atoms with Crippen LogP contribution in [0.3, 0.4) is 0 Å². The van der Waals surface area contributed by atoms with Gasteiger partial charge in [0.05, 0.1) is 25.2 Å². The first-order valence-corrected chi connectivity index (χ1v) is 8.57. The molecule has 0 radical (unpaired) electrons. The number of benzene rings is 1. The second kappa shape index (κ2) is 6.44. The minimum atomic E-state index is -2.99. The highest BCUT2D eigenvalue weighted by atomic mass is 32.2. The van der Waals surface area contributed by atoms with Gasteiger partial charge in [-0.2, -0.15) is 0 Å². The van der Waals surface area contributed by atoms with Crippen LogP contribution in [0.4, 0.5) is 0 Å². The Kier molecular flexibility index (Phi) is 4.84. The molecule has 1 heterocycles. The van der Waals surface area contributed by atoms with Gasteiger partial charge in [-0.15, -0.1) is 0 Å². The lowest BCUT2D eigenvalue weighted by Crippen LogP contribution is -2.41. The summed E-state index contributed by atoms with van der Waals surface area (Å²) < 4.78 is 28.3. The van der Waals surface area contributed by atoms with Gasteiger partial charge in [0, 0.05) is 12.6 Å². The summed E-state index contributed by atoms with van der Waals surface area (Å²) in [5.41, 5.74) is 6.27. The van der Waals surface area contributed by atoms with E-state index in [4.69, 9.17) is 10.5 Å². The zero-order valence-electron chi connectivity index (χ0n) is 12.0. The van der Waals surface area contributed by atoms with E-state index < -0.39 is 15.7 Å². The van der Waals surface area contributed by atoms with Crippen LogP contribution in [0.1, 0.15) is 12.0 Å². The summed E-state index contributed by atoms with van der Waals surface area (Å²) in [6, 6.07) is 7.32. The van der Waals surface area contributed by atoms with Gasteiger partial charge in [-0.05, 0) is 24.1 Å². The highest BCUT2D eigenvalue weighted by molar-refractivity contribution is 7.91. The van der Waals surface area contributed by atoms with Gasteiger partial charge in [-0.1, -0.05) is 12.1 Å². The van der Waals surface area contributed by atoms with Crippen LogP contribution in [-0.2, 0) is 21.2 Å². The summed E-state index contributed by atoms with van der Waals surface area (Å²) in [7, 11) is -1.40. The minimum Gasteiger partial charge on any atom is -0.497 e. The molecule has 116 valence electrons. The Hall–Kier alpha value is -1.60. The van der Waals surface area contributed by atoms with Crippen molar-refractivity contribution in [3.8, 4) is 5.75 Å². The molecule has 0 bridgehead atoms. The van der Waals surface area contributed by atoms with E-state index in [2.05, 4.69) is 0 Å². The lowest BCUT2D eigenvalue weighted by atomic mass is 10.1. The van der Waals surface area contributed by atoms with Gasteiger partial charge in [-0.25, -0.2) is 8.42 Å². The quantitative estimate of drug-likeness (QED) is 0.809. The SMILES string of the molecule is COc1ccc(CN(CC(N)=O)C2CCS(=O)(=O)C2)cc1. The summed E-state index contributed by atoms with van der Waals surface area (Å²) in [4.78, 5) is 13.1. The van der Waals surface area contributed by atoms with Crippen molar-refractivity contribution >= 4 is 15.7 Å². The van der Waals surface area contributed by atoms with E-state index in [1.807, 2.05) is 29.2 Å². The van der Waals surface area contributed by atoms with Crippen LogP contribution in [0.25, 0.3) is 0 Å². The second-order valence-electron chi connectivity index (χ2n) is 5.28. The molecule has 6 nitrogen and oxygen atoms in total. The van der Waals surface area contributed by atoms with Crippen molar-refractivity contribution in [3.63, 3.8) is 0 Å². The molecule has 1 aromatic rings. The molecule has 2 N–H and O–H groups in total. The van der Waals surface area contributed by atoms with Crippen LogP contribution in [0.15, 0.2) is 24.3 Å². The van der Waals surface area contributed by atoms with E-state index in [0.717, 1.165) is 11.3 Å². The second-order valence-corrected chi connectivity index (χ2v) is 7.50. The number of primary amides is 1. The van der Waals surface area contributed by atoms with E-state index in [1.165, 1.54) is 0 Å². The Bertz CT molecular complexity index is 598. The van der Waals surface area contributed by atoms with Crippen molar-refractivity contribution in [2.75, 3.05) is 25.2 Å². The van der Waals surface area contributed by atoms with E-state index >= 15 is 0 Å². The maximum Gasteiger partial charge on any atom is 0.231 e. The number of sulfone groups is 1. The van der Waals surface area contributed by atoms with Crippen LogP contribution >= 0.6 is 0 Å². The summed E-state index contributed by atoms with van der Waals surface area (Å²) >= 11 is 0. The molecule has 1 saturated heterocycles. The van der Waals surface area contributed by atoms with Crippen molar-refractivity contribution in [1.82, 2.24) is 4.90 Å². The van der Waals surface area contributed by atoms with Crippen molar-refractivity contribution in [2.24, 2.45) is 5.73 Å². The van der Waals surface area contributed by atoms with Crippen LogP contribution in [0.5, 0.6) is 5.75 Å². The van der Waals surface area contributed by atoms with Gasteiger partial charge in [0.25, 0.3) is 0 Å². The molecule has 1 fully saturated rings. The smallest absolute Gasteiger partial charge is 0.231 e. The molecule has 21 heavy (non-hydrogen) atoms. The first-order valence-electron chi connectivity index (χ1n) is 6.75. The molecule has 1 aliphatic rings. The lowest BCUT2D eigenvalue weighted by molar-refractivity contribution is -0.119. The highest BCUT2D eigenvalue weighted by Gasteiger charge is 2.32. The third-order valence-electron chi connectivity index (χ3n) is 3.63. The summed E-state index contributed by atoms with van der Waals surface area (Å²) in [5.74, 6) is 0.572. The Morgan fingerprint density at radius 2 is 2.05 bits per heavy atom. The average Bonchev–Trinajstić information content (AvgIpc) is 2.79. The maximum absolute atomic E-state index is 11.6. The Morgan fingerprint density at radius 1 is 1.38 bits per heavy atom. The fraction of sp³-hybridized carbons (Fsp3) is 0.500. The van der Waals surface area contributed by atoms with Gasteiger partial charge in [0.2, 0.25) is 5.91 Å². The molecule has 1 aromatic carbocycles. The largest absolute Gasteiger partial charge is 0.497 e. The highest BCUT2D eigenvalue weighted by Crippen LogP contribution is 2.20. The minimum absolute atomic E-state index is 0.0617. The number of amides is 1. The van der Waals surface area contributed by atoms with E-state index in [-0.39, 0.29) is 24.1 Å². The number of hydrogen-bond acceptors (Lipinski definition) is 5. The molecule has 1 atom stereocenters. The molecule has 0 aromatic heterocycles. The molecule has 1 amide bonds.